The molecule has 0 radical (unpaired) electrons. The van der Waals surface area contributed by atoms with Gasteiger partial charge >= 0.3 is 0 Å². The van der Waals surface area contributed by atoms with Gasteiger partial charge in [0.25, 0.3) is 5.91 Å². The summed E-state index contributed by atoms with van der Waals surface area (Å²) < 4.78 is 11.3. The minimum atomic E-state index is -0.491. The molecule has 0 saturated carbocycles. The van der Waals surface area contributed by atoms with E-state index in [2.05, 4.69) is 5.32 Å². The molecule has 0 fully saturated rings. The zero-order valence-corrected chi connectivity index (χ0v) is 13.6. The van der Waals surface area contributed by atoms with Crippen LogP contribution in [0.2, 0.25) is 0 Å². The van der Waals surface area contributed by atoms with Crippen LogP contribution in [-0.2, 0) is 4.79 Å². The maximum Gasteiger partial charge on any atom is 0.261 e. The van der Waals surface area contributed by atoms with Crippen molar-refractivity contribution in [3.63, 3.8) is 0 Å². The lowest BCUT2D eigenvalue weighted by Gasteiger charge is -2.17. The Morgan fingerprint density at radius 1 is 1.04 bits per heavy atom. The molecule has 23 heavy (non-hydrogen) atoms. The molecule has 2 aromatic carbocycles. The number of ether oxygens (including phenoxy) is 2. The van der Waals surface area contributed by atoms with Crippen LogP contribution < -0.4 is 14.8 Å². The third-order valence-corrected chi connectivity index (χ3v) is 3.38. The van der Waals surface area contributed by atoms with Gasteiger partial charge in [-0.25, -0.2) is 0 Å². The second-order valence-corrected chi connectivity index (χ2v) is 5.28. The van der Waals surface area contributed by atoms with E-state index >= 15 is 0 Å². The van der Waals surface area contributed by atoms with Crippen LogP contribution in [-0.4, -0.2) is 25.2 Å². The molecule has 0 spiro atoms. The van der Waals surface area contributed by atoms with Gasteiger partial charge < -0.3 is 14.8 Å². The summed E-state index contributed by atoms with van der Waals surface area (Å²) in [7, 11) is 0. The topological polar surface area (TPSA) is 47.6 Å². The zero-order valence-electron chi connectivity index (χ0n) is 13.6. The summed E-state index contributed by atoms with van der Waals surface area (Å²) in [6.45, 7) is 4.82. The van der Waals surface area contributed by atoms with Gasteiger partial charge in [0.05, 0.1) is 6.54 Å². The molecule has 4 nitrogen and oxygen atoms in total. The van der Waals surface area contributed by atoms with Gasteiger partial charge in [0.2, 0.25) is 0 Å². The number of hydrogen-bond donors (Lipinski definition) is 1. The largest absolute Gasteiger partial charge is 0.492 e. The molecule has 0 aliphatic heterocycles. The van der Waals surface area contributed by atoms with E-state index < -0.39 is 6.10 Å². The van der Waals surface area contributed by atoms with E-state index in [1.807, 2.05) is 68.4 Å². The molecular weight excluding hydrogens is 290 g/mol. The highest BCUT2D eigenvalue weighted by Crippen LogP contribution is 2.14. The molecule has 1 unspecified atom stereocenters. The molecule has 122 valence electrons. The van der Waals surface area contributed by atoms with Crippen molar-refractivity contribution < 1.29 is 14.3 Å². The fourth-order valence-corrected chi connectivity index (χ4v) is 2.08. The Hall–Kier alpha value is -2.49. The van der Waals surface area contributed by atoms with E-state index in [4.69, 9.17) is 9.47 Å². The monoisotopic (exact) mass is 313 g/mol. The van der Waals surface area contributed by atoms with Gasteiger partial charge in [-0.05, 0) is 37.6 Å². The minimum absolute atomic E-state index is 0.121. The Kier molecular flexibility index (Phi) is 6.48. The predicted molar refractivity (Wildman–Crippen MR) is 90.8 cm³/mol. The fourth-order valence-electron chi connectivity index (χ4n) is 2.08. The average Bonchev–Trinajstić information content (AvgIpc) is 2.59. The quantitative estimate of drug-likeness (QED) is 0.760. The summed E-state index contributed by atoms with van der Waals surface area (Å²) in [6, 6.07) is 17.2. The third-order valence-electron chi connectivity index (χ3n) is 3.38. The van der Waals surface area contributed by atoms with E-state index in [0.29, 0.717) is 25.3 Å². The molecule has 0 aromatic heterocycles. The Bertz CT molecular complexity index is 596. The number of amides is 1. The van der Waals surface area contributed by atoms with Gasteiger partial charge in [-0.15, -0.1) is 0 Å². The Morgan fingerprint density at radius 2 is 1.74 bits per heavy atom. The van der Waals surface area contributed by atoms with Crippen LogP contribution in [0, 0.1) is 6.92 Å². The van der Waals surface area contributed by atoms with E-state index in [9.17, 15) is 4.79 Å². The van der Waals surface area contributed by atoms with Crippen LogP contribution in [0.15, 0.2) is 54.6 Å². The Balaban J connectivity index is 1.75. The summed E-state index contributed by atoms with van der Waals surface area (Å²) in [6.07, 6.45) is 0.119. The first-order valence-electron chi connectivity index (χ1n) is 7.88. The van der Waals surface area contributed by atoms with E-state index in [0.717, 1.165) is 11.3 Å². The van der Waals surface area contributed by atoms with Crippen molar-refractivity contribution in [1.82, 2.24) is 5.32 Å². The molecule has 1 amide bonds. The van der Waals surface area contributed by atoms with Crippen molar-refractivity contribution in [2.45, 2.75) is 26.4 Å². The van der Waals surface area contributed by atoms with Crippen LogP contribution in [0.25, 0.3) is 0 Å². The van der Waals surface area contributed by atoms with E-state index in [1.54, 1.807) is 0 Å². The summed E-state index contributed by atoms with van der Waals surface area (Å²) >= 11 is 0. The lowest BCUT2D eigenvalue weighted by molar-refractivity contribution is -0.128. The predicted octanol–water partition coefficient (Wildman–Crippen LogP) is 3.35. The molecular formula is C19H23NO3. The molecule has 2 rings (SSSR count). The molecule has 1 atom stereocenters. The van der Waals surface area contributed by atoms with Crippen molar-refractivity contribution >= 4 is 5.91 Å². The first kappa shape index (κ1) is 16.9. The summed E-state index contributed by atoms with van der Waals surface area (Å²) in [4.78, 5) is 12.2. The van der Waals surface area contributed by atoms with Crippen LogP contribution >= 0.6 is 0 Å². The fraction of sp³-hybridized carbons (Fsp3) is 0.316. The van der Waals surface area contributed by atoms with Crippen LogP contribution in [0.4, 0.5) is 0 Å². The van der Waals surface area contributed by atoms with Gasteiger partial charge in [0, 0.05) is 0 Å². The van der Waals surface area contributed by atoms with Crippen molar-refractivity contribution in [3.05, 3.63) is 60.2 Å². The smallest absolute Gasteiger partial charge is 0.261 e. The Morgan fingerprint density at radius 3 is 2.39 bits per heavy atom. The maximum absolute atomic E-state index is 12.2. The lowest BCUT2D eigenvalue weighted by atomic mass is 10.2. The molecule has 0 aliphatic carbocycles. The van der Waals surface area contributed by atoms with Gasteiger partial charge in [0.1, 0.15) is 18.1 Å². The normalized spacial score (nSPS) is 11.6. The van der Waals surface area contributed by atoms with Crippen LogP contribution in [0.5, 0.6) is 11.5 Å². The highest BCUT2D eigenvalue weighted by Gasteiger charge is 2.17. The zero-order chi connectivity index (χ0) is 16.5. The Labute approximate surface area is 137 Å². The van der Waals surface area contributed by atoms with Crippen molar-refractivity contribution in [2.24, 2.45) is 0 Å². The standard InChI is InChI=1S/C19H23NO3/c1-3-18(23-17-11-9-15(2)10-12-17)19(21)20-13-14-22-16-7-5-4-6-8-16/h4-12,18H,3,13-14H2,1-2H3,(H,20,21). The van der Waals surface area contributed by atoms with Gasteiger partial charge in [0.15, 0.2) is 6.10 Å². The van der Waals surface area contributed by atoms with E-state index in [-0.39, 0.29) is 5.91 Å². The highest BCUT2D eigenvalue weighted by atomic mass is 16.5. The number of rotatable bonds is 8. The molecule has 0 aliphatic rings. The average molecular weight is 313 g/mol. The molecule has 2 aromatic rings. The minimum Gasteiger partial charge on any atom is -0.492 e. The summed E-state index contributed by atoms with van der Waals surface area (Å²) in [5.41, 5.74) is 1.16. The number of nitrogens with one attached hydrogen (secondary N) is 1. The summed E-state index contributed by atoms with van der Waals surface area (Å²) in [5.74, 6) is 1.38. The second kappa shape index (κ2) is 8.83. The lowest BCUT2D eigenvalue weighted by Crippen LogP contribution is -2.39. The summed E-state index contributed by atoms with van der Waals surface area (Å²) in [5, 5.41) is 2.85. The number of carbonyl (C=O) groups excluding carboxylic acids is 1. The number of carbonyl (C=O) groups is 1. The first-order chi connectivity index (χ1) is 11.2. The van der Waals surface area contributed by atoms with Gasteiger partial charge in [-0.1, -0.05) is 42.8 Å². The molecule has 0 saturated heterocycles. The molecule has 0 heterocycles. The first-order valence-corrected chi connectivity index (χ1v) is 7.88. The highest BCUT2D eigenvalue weighted by molar-refractivity contribution is 5.81. The van der Waals surface area contributed by atoms with Crippen LogP contribution in [0.3, 0.4) is 0 Å². The third kappa shape index (κ3) is 5.66. The molecule has 1 N–H and O–H groups in total. The van der Waals surface area contributed by atoms with E-state index in [1.165, 1.54) is 0 Å². The molecule has 4 heteroatoms. The van der Waals surface area contributed by atoms with Crippen LogP contribution in [0.1, 0.15) is 18.9 Å². The van der Waals surface area contributed by atoms with Crippen molar-refractivity contribution in [1.29, 1.82) is 0 Å². The number of aryl methyl sites for hydroxylation is 1. The second-order valence-electron chi connectivity index (χ2n) is 5.28. The van der Waals surface area contributed by atoms with Gasteiger partial charge in [-0.3, -0.25) is 4.79 Å². The molecule has 0 bridgehead atoms. The van der Waals surface area contributed by atoms with Crippen molar-refractivity contribution in [2.75, 3.05) is 13.2 Å². The van der Waals surface area contributed by atoms with Crippen molar-refractivity contribution in [3.8, 4) is 11.5 Å². The number of para-hydroxylation sites is 1. The maximum atomic E-state index is 12.2. The SMILES string of the molecule is CCC(Oc1ccc(C)cc1)C(=O)NCCOc1ccccc1. The van der Waals surface area contributed by atoms with Gasteiger partial charge in [-0.2, -0.15) is 0 Å². The number of hydrogen-bond acceptors (Lipinski definition) is 3. The number of benzene rings is 2.